The highest BCUT2D eigenvalue weighted by atomic mass is 14.7. The molecule has 1 heteroatoms. The molecule has 62 valence electrons. The largest absolute Gasteiger partial charge is 0.293 e. The van der Waals surface area contributed by atoms with Gasteiger partial charge in [0.1, 0.15) is 0 Å². The molecule has 0 atom stereocenters. The lowest BCUT2D eigenvalue weighted by molar-refractivity contribution is 0.944. The molecule has 0 radical (unpaired) electrons. The van der Waals surface area contributed by atoms with Gasteiger partial charge in [0.15, 0.2) is 0 Å². The lowest BCUT2D eigenvalue weighted by Gasteiger charge is -2.00. The van der Waals surface area contributed by atoms with Crippen molar-refractivity contribution in [3.8, 4) is 12.3 Å². The molecule has 0 amide bonds. The molecule has 0 heterocycles. The summed E-state index contributed by atoms with van der Waals surface area (Å²) in [7, 11) is 1.82. The van der Waals surface area contributed by atoms with Crippen molar-refractivity contribution in [2.45, 2.75) is 19.3 Å². The van der Waals surface area contributed by atoms with Gasteiger partial charge in [0, 0.05) is 18.3 Å². The molecule has 0 unspecified atom stereocenters. The van der Waals surface area contributed by atoms with Gasteiger partial charge in [-0.1, -0.05) is 18.6 Å². The molecule has 1 saturated carbocycles. The molecule has 0 aromatic carbocycles. The maximum Gasteiger partial charge on any atom is 0.0389 e. The Morgan fingerprint density at radius 2 is 2.42 bits per heavy atom. The highest BCUT2D eigenvalue weighted by Gasteiger charge is 2.16. The van der Waals surface area contributed by atoms with Gasteiger partial charge in [-0.2, -0.15) is 0 Å². The standard InChI is InChI=1S/C11H13N/c1-4-9(5-2)10-7-6-8-11(10)12-3/h1,5H,2,6-8H2,3H3/b10-9-,12-11?. The number of rotatable bonds is 1. The van der Waals surface area contributed by atoms with Crippen molar-refractivity contribution >= 4 is 5.71 Å². The predicted octanol–water partition coefficient (Wildman–Crippen LogP) is 2.36. The van der Waals surface area contributed by atoms with E-state index in [0.29, 0.717) is 0 Å². The van der Waals surface area contributed by atoms with Crippen molar-refractivity contribution in [1.29, 1.82) is 0 Å². The van der Waals surface area contributed by atoms with Crippen LogP contribution in [0.4, 0.5) is 0 Å². The van der Waals surface area contributed by atoms with Crippen LogP contribution in [0.1, 0.15) is 19.3 Å². The molecule has 0 spiro atoms. The minimum atomic E-state index is 0.910. The average molecular weight is 159 g/mol. The summed E-state index contributed by atoms with van der Waals surface area (Å²) in [4.78, 5) is 4.20. The first kappa shape index (κ1) is 8.80. The summed E-state index contributed by atoms with van der Waals surface area (Å²) in [6.45, 7) is 3.69. The van der Waals surface area contributed by atoms with Gasteiger partial charge in [0.25, 0.3) is 0 Å². The maximum absolute atomic E-state index is 5.35. The van der Waals surface area contributed by atoms with Crippen LogP contribution in [0.15, 0.2) is 28.8 Å². The number of hydrogen-bond donors (Lipinski definition) is 0. The molecule has 1 nitrogen and oxygen atoms in total. The summed E-state index contributed by atoms with van der Waals surface area (Å²) in [5.41, 5.74) is 3.28. The predicted molar refractivity (Wildman–Crippen MR) is 53.3 cm³/mol. The molecular formula is C11H13N. The Morgan fingerprint density at radius 1 is 1.67 bits per heavy atom. The molecule has 0 bridgehead atoms. The minimum Gasteiger partial charge on any atom is -0.293 e. The second-order valence-electron chi connectivity index (χ2n) is 2.76. The van der Waals surface area contributed by atoms with Crippen molar-refractivity contribution in [3.63, 3.8) is 0 Å². The molecule has 12 heavy (non-hydrogen) atoms. The number of terminal acetylenes is 1. The Morgan fingerprint density at radius 3 is 2.92 bits per heavy atom. The van der Waals surface area contributed by atoms with Crippen LogP contribution < -0.4 is 0 Å². The topological polar surface area (TPSA) is 12.4 Å². The third-order valence-corrected chi connectivity index (χ3v) is 2.14. The van der Waals surface area contributed by atoms with Crippen LogP contribution in [0.25, 0.3) is 0 Å². The number of allylic oxidation sites excluding steroid dienone is 3. The zero-order chi connectivity index (χ0) is 8.97. The van der Waals surface area contributed by atoms with Gasteiger partial charge < -0.3 is 0 Å². The Balaban J connectivity index is 3.09. The van der Waals surface area contributed by atoms with Crippen LogP contribution in [0.5, 0.6) is 0 Å². The van der Waals surface area contributed by atoms with E-state index in [9.17, 15) is 0 Å². The highest BCUT2D eigenvalue weighted by Crippen LogP contribution is 2.24. The SMILES string of the molecule is C#C/C(C=C)=C1\CCCC1=NC. The molecule has 1 aliphatic carbocycles. The first-order valence-electron chi connectivity index (χ1n) is 4.11. The Kier molecular flexibility index (Phi) is 2.88. The molecule has 0 aromatic rings. The summed E-state index contributed by atoms with van der Waals surface area (Å²) in [6.07, 6.45) is 10.4. The van der Waals surface area contributed by atoms with Gasteiger partial charge in [0.2, 0.25) is 0 Å². The zero-order valence-electron chi connectivity index (χ0n) is 7.43. The molecule has 0 aromatic heterocycles. The van der Waals surface area contributed by atoms with Gasteiger partial charge in [-0.05, 0) is 24.8 Å². The fourth-order valence-corrected chi connectivity index (χ4v) is 1.53. The average Bonchev–Trinajstić information content (AvgIpc) is 2.55. The van der Waals surface area contributed by atoms with E-state index in [1.54, 1.807) is 6.08 Å². The van der Waals surface area contributed by atoms with E-state index in [1.807, 2.05) is 7.05 Å². The fourth-order valence-electron chi connectivity index (χ4n) is 1.53. The van der Waals surface area contributed by atoms with Gasteiger partial charge in [0.05, 0.1) is 0 Å². The maximum atomic E-state index is 5.35. The summed E-state index contributed by atoms with van der Waals surface area (Å²) in [6, 6.07) is 0. The fraction of sp³-hybridized carbons (Fsp3) is 0.364. The van der Waals surface area contributed by atoms with E-state index in [2.05, 4.69) is 17.5 Å². The molecule has 0 aliphatic heterocycles. The molecule has 1 aliphatic rings. The van der Waals surface area contributed by atoms with Gasteiger partial charge in [-0.15, -0.1) is 6.42 Å². The first-order chi connectivity index (χ1) is 5.83. The monoisotopic (exact) mass is 159 g/mol. The summed E-state index contributed by atoms with van der Waals surface area (Å²) in [5.74, 6) is 2.64. The minimum absolute atomic E-state index is 0.910. The Bertz CT molecular complexity index is 287. The molecule has 1 fully saturated rings. The van der Waals surface area contributed by atoms with E-state index in [4.69, 9.17) is 6.42 Å². The van der Waals surface area contributed by atoms with Crippen molar-refractivity contribution < 1.29 is 0 Å². The van der Waals surface area contributed by atoms with Crippen LogP contribution in [0.2, 0.25) is 0 Å². The molecule has 0 N–H and O–H groups in total. The van der Waals surface area contributed by atoms with E-state index in [0.717, 1.165) is 24.1 Å². The van der Waals surface area contributed by atoms with Crippen molar-refractivity contribution in [3.05, 3.63) is 23.8 Å². The van der Waals surface area contributed by atoms with E-state index in [1.165, 1.54) is 12.0 Å². The van der Waals surface area contributed by atoms with Crippen molar-refractivity contribution in [1.82, 2.24) is 0 Å². The van der Waals surface area contributed by atoms with Crippen LogP contribution in [0.3, 0.4) is 0 Å². The van der Waals surface area contributed by atoms with Gasteiger partial charge in [-0.3, -0.25) is 4.99 Å². The number of hydrogen-bond acceptors (Lipinski definition) is 1. The van der Waals surface area contributed by atoms with Gasteiger partial charge >= 0.3 is 0 Å². The number of nitrogens with zero attached hydrogens (tertiary/aromatic N) is 1. The van der Waals surface area contributed by atoms with Gasteiger partial charge in [-0.25, -0.2) is 0 Å². The summed E-state index contributed by atoms with van der Waals surface area (Å²) in [5, 5.41) is 0. The lowest BCUT2D eigenvalue weighted by atomic mass is 10.1. The third kappa shape index (κ3) is 1.48. The number of aliphatic imine (C=N–C) groups is 1. The van der Waals surface area contributed by atoms with E-state index >= 15 is 0 Å². The Labute approximate surface area is 73.9 Å². The van der Waals surface area contributed by atoms with Crippen molar-refractivity contribution in [2.75, 3.05) is 7.05 Å². The quantitative estimate of drug-likeness (QED) is 0.521. The van der Waals surface area contributed by atoms with Crippen LogP contribution >= 0.6 is 0 Å². The smallest absolute Gasteiger partial charge is 0.0389 e. The van der Waals surface area contributed by atoms with Crippen LogP contribution in [-0.2, 0) is 0 Å². The first-order valence-corrected chi connectivity index (χ1v) is 4.11. The zero-order valence-corrected chi connectivity index (χ0v) is 7.43. The molecular weight excluding hydrogens is 146 g/mol. The summed E-state index contributed by atoms with van der Waals surface area (Å²) < 4.78 is 0. The van der Waals surface area contributed by atoms with Crippen LogP contribution in [0, 0.1) is 12.3 Å². The normalized spacial score (nSPS) is 23.8. The second-order valence-corrected chi connectivity index (χ2v) is 2.76. The molecule has 0 saturated heterocycles. The van der Waals surface area contributed by atoms with Crippen LogP contribution in [-0.4, -0.2) is 12.8 Å². The van der Waals surface area contributed by atoms with Crippen molar-refractivity contribution in [2.24, 2.45) is 4.99 Å². The highest BCUT2D eigenvalue weighted by molar-refractivity contribution is 6.03. The second kappa shape index (κ2) is 3.92. The van der Waals surface area contributed by atoms with E-state index in [-0.39, 0.29) is 0 Å². The lowest BCUT2D eigenvalue weighted by Crippen LogP contribution is -1.95. The van der Waals surface area contributed by atoms with E-state index < -0.39 is 0 Å². The molecule has 1 rings (SSSR count). The summed E-state index contributed by atoms with van der Waals surface area (Å²) >= 11 is 0. The third-order valence-electron chi connectivity index (χ3n) is 2.14. The Hall–Kier alpha value is -1.29.